The summed E-state index contributed by atoms with van der Waals surface area (Å²) >= 11 is 0. The van der Waals surface area contributed by atoms with E-state index in [0.29, 0.717) is 5.69 Å². The van der Waals surface area contributed by atoms with Crippen molar-refractivity contribution in [1.29, 1.82) is 0 Å². The highest BCUT2D eigenvalue weighted by Crippen LogP contribution is 2.24. The molecule has 0 saturated carbocycles. The summed E-state index contributed by atoms with van der Waals surface area (Å²) in [6.45, 7) is 7.35. The average Bonchev–Trinajstić information content (AvgIpc) is 3.07. The minimum atomic E-state index is -0.127. The van der Waals surface area contributed by atoms with Crippen LogP contribution in [-0.2, 0) is 4.74 Å². The van der Waals surface area contributed by atoms with Gasteiger partial charge in [-0.1, -0.05) is 12.1 Å². The van der Waals surface area contributed by atoms with Gasteiger partial charge in [0.1, 0.15) is 5.69 Å². The molecule has 0 unspecified atom stereocenters. The average molecular weight is 349 g/mol. The maximum absolute atomic E-state index is 12.7. The van der Waals surface area contributed by atoms with E-state index in [0.717, 1.165) is 48.6 Å². The van der Waals surface area contributed by atoms with Gasteiger partial charge in [-0.2, -0.15) is 0 Å². The number of aromatic amines is 1. The smallest absolute Gasteiger partial charge is 0.272 e. The first-order valence-electron chi connectivity index (χ1n) is 8.94. The van der Waals surface area contributed by atoms with Crippen LogP contribution in [0.3, 0.4) is 0 Å². The number of anilines is 2. The summed E-state index contributed by atoms with van der Waals surface area (Å²) in [6.07, 6.45) is 0. The lowest BCUT2D eigenvalue weighted by Gasteiger charge is -2.29. The Morgan fingerprint density at radius 3 is 2.73 bits per heavy atom. The fraction of sp³-hybridized carbons (Fsp3) is 0.286. The van der Waals surface area contributed by atoms with E-state index in [9.17, 15) is 4.79 Å². The van der Waals surface area contributed by atoms with Gasteiger partial charge in [0.2, 0.25) is 0 Å². The van der Waals surface area contributed by atoms with Crippen LogP contribution in [0.2, 0.25) is 0 Å². The van der Waals surface area contributed by atoms with Gasteiger partial charge in [0.05, 0.1) is 13.2 Å². The fourth-order valence-corrected chi connectivity index (χ4v) is 3.52. The summed E-state index contributed by atoms with van der Waals surface area (Å²) in [5.74, 6) is -0.127. The number of carbonyl (C=O) groups excluding carboxylic acids is 1. The van der Waals surface area contributed by atoms with Gasteiger partial charge < -0.3 is 19.9 Å². The SMILES string of the molecule is Cc1cc(C)c2cc(C(=O)Nc3cccc(N4CCOCC4)c3)[nH]c2c1. The van der Waals surface area contributed by atoms with Gasteiger partial charge in [0, 0.05) is 35.4 Å². The zero-order valence-electron chi connectivity index (χ0n) is 15.1. The second-order valence-corrected chi connectivity index (χ2v) is 6.83. The molecule has 1 aromatic heterocycles. The second-order valence-electron chi connectivity index (χ2n) is 6.83. The predicted octanol–water partition coefficient (Wildman–Crippen LogP) is 3.87. The number of hydrogen-bond acceptors (Lipinski definition) is 3. The van der Waals surface area contributed by atoms with Crippen LogP contribution in [0, 0.1) is 13.8 Å². The highest BCUT2D eigenvalue weighted by molar-refractivity contribution is 6.06. The molecule has 0 spiro atoms. The molecule has 0 bridgehead atoms. The number of H-pyrrole nitrogens is 1. The Bertz CT molecular complexity index is 955. The third-order valence-electron chi connectivity index (χ3n) is 4.81. The summed E-state index contributed by atoms with van der Waals surface area (Å²) in [4.78, 5) is 18.2. The highest BCUT2D eigenvalue weighted by atomic mass is 16.5. The van der Waals surface area contributed by atoms with Crippen molar-refractivity contribution in [3.63, 3.8) is 0 Å². The first-order chi connectivity index (χ1) is 12.6. The van der Waals surface area contributed by atoms with Crippen LogP contribution in [0.15, 0.2) is 42.5 Å². The van der Waals surface area contributed by atoms with Crippen molar-refractivity contribution in [1.82, 2.24) is 4.98 Å². The van der Waals surface area contributed by atoms with E-state index in [1.54, 1.807) is 0 Å². The summed E-state index contributed by atoms with van der Waals surface area (Å²) < 4.78 is 5.41. The number of rotatable bonds is 3. The molecule has 0 aliphatic carbocycles. The molecule has 2 N–H and O–H groups in total. The zero-order valence-corrected chi connectivity index (χ0v) is 15.1. The van der Waals surface area contributed by atoms with Crippen molar-refractivity contribution in [3.05, 3.63) is 59.3 Å². The van der Waals surface area contributed by atoms with Crippen molar-refractivity contribution in [2.45, 2.75) is 13.8 Å². The maximum atomic E-state index is 12.7. The van der Waals surface area contributed by atoms with Crippen molar-refractivity contribution < 1.29 is 9.53 Å². The van der Waals surface area contributed by atoms with Gasteiger partial charge in [-0.25, -0.2) is 0 Å². The number of nitrogens with one attached hydrogen (secondary N) is 2. The van der Waals surface area contributed by atoms with Gasteiger partial charge in [0.15, 0.2) is 0 Å². The Morgan fingerprint density at radius 2 is 1.92 bits per heavy atom. The van der Waals surface area contributed by atoms with Crippen LogP contribution in [0.4, 0.5) is 11.4 Å². The van der Waals surface area contributed by atoms with Crippen LogP contribution < -0.4 is 10.2 Å². The highest BCUT2D eigenvalue weighted by Gasteiger charge is 2.14. The van der Waals surface area contributed by atoms with Crippen molar-refractivity contribution in [3.8, 4) is 0 Å². The first kappa shape index (κ1) is 16.7. The van der Waals surface area contributed by atoms with E-state index in [4.69, 9.17) is 4.74 Å². The minimum Gasteiger partial charge on any atom is -0.378 e. The van der Waals surface area contributed by atoms with Gasteiger partial charge in [0.25, 0.3) is 5.91 Å². The second kappa shape index (κ2) is 6.84. The molecule has 2 aromatic carbocycles. The van der Waals surface area contributed by atoms with Gasteiger partial charge >= 0.3 is 0 Å². The van der Waals surface area contributed by atoms with Gasteiger partial charge in [-0.15, -0.1) is 0 Å². The molecule has 4 rings (SSSR count). The standard InChI is InChI=1S/C21H23N3O2/c1-14-10-15(2)18-13-20(23-19(18)11-14)21(25)22-16-4-3-5-17(12-16)24-6-8-26-9-7-24/h3-5,10-13,23H,6-9H2,1-2H3,(H,22,25). The Labute approximate surface area is 153 Å². The topological polar surface area (TPSA) is 57.4 Å². The van der Waals surface area contributed by atoms with Crippen LogP contribution >= 0.6 is 0 Å². The number of benzene rings is 2. The summed E-state index contributed by atoms with van der Waals surface area (Å²) in [5, 5.41) is 4.09. The number of aromatic nitrogens is 1. The molecule has 1 fully saturated rings. The van der Waals surface area contributed by atoms with Crippen LogP contribution in [0.25, 0.3) is 10.9 Å². The number of ether oxygens (including phenoxy) is 1. The normalized spacial score (nSPS) is 14.6. The summed E-state index contributed by atoms with van der Waals surface area (Å²) in [7, 11) is 0. The number of amides is 1. The number of aryl methyl sites for hydroxylation is 2. The number of carbonyl (C=O) groups is 1. The third-order valence-corrected chi connectivity index (χ3v) is 4.81. The molecule has 2 heterocycles. The lowest BCUT2D eigenvalue weighted by molar-refractivity contribution is 0.102. The Kier molecular flexibility index (Phi) is 4.39. The molecule has 134 valence electrons. The number of morpholine rings is 1. The summed E-state index contributed by atoms with van der Waals surface area (Å²) in [5.41, 5.74) is 5.83. The molecule has 5 heteroatoms. The summed E-state index contributed by atoms with van der Waals surface area (Å²) in [6, 6.07) is 14.1. The van der Waals surface area contributed by atoms with E-state index < -0.39 is 0 Å². The van der Waals surface area contributed by atoms with E-state index in [-0.39, 0.29) is 5.91 Å². The van der Waals surface area contributed by atoms with Crippen LogP contribution in [0.1, 0.15) is 21.6 Å². The molecule has 1 aliphatic rings. The molecule has 26 heavy (non-hydrogen) atoms. The Balaban J connectivity index is 1.55. The Morgan fingerprint density at radius 1 is 1.12 bits per heavy atom. The molecule has 1 saturated heterocycles. The number of nitrogens with zero attached hydrogens (tertiary/aromatic N) is 1. The number of hydrogen-bond donors (Lipinski definition) is 2. The van der Waals surface area contributed by atoms with E-state index >= 15 is 0 Å². The lowest BCUT2D eigenvalue weighted by atomic mass is 10.1. The Hall–Kier alpha value is -2.79. The number of fused-ring (bicyclic) bond motifs is 1. The molecule has 0 atom stereocenters. The predicted molar refractivity (Wildman–Crippen MR) is 105 cm³/mol. The zero-order chi connectivity index (χ0) is 18.1. The monoisotopic (exact) mass is 349 g/mol. The quantitative estimate of drug-likeness (QED) is 0.755. The van der Waals surface area contributed by atoms with Crippen molar-refractivity contribution in [2.75, 3.05) is 36.5 Å². The van der Waals surface area contributed by atoms with E-state index in [2.05, 4.69) is 47.2 Å². The van der Waals surface area contributed by atoms with Gasteiger partial charge in [-0.05, 0) is 55.3 Å². The largest absolute Gasteiger partial charge is 0.378 e. The molecule has 1 aliphatic heterocycles. The molecular weight excluding hydrogens is 326 g/mol. The van der Waals surface area contributed by atoms with E-state index in [1.165, 1.54) is 11.1 Å². The molecule has 1 amide bonds. The lowest BCUT2D eigenvalue weighted by Crippen LogP contribution is -2.36. The van der Waals surface area contributed by atoms with Crippen molar-refractivity contribution >= 4 is 28.2 Å². The van der Waals surface area contributed by atoms with Crippen LogP contribution in [0.5, 0.6) is 0 Å². The third kappa shape index (κ3) is 3.30. The van der Waals surface area contributed by atoms with E-state index in [1.807, 2.05) is 24.3 Å². The van der Waals surface area contributed by atoms with Gasteiger partial charge in [-0.3, -0.25) is 4.79 Å². The molecular formula is C21H23N3O2. The maximum Gasteiger partial charge on any atom is 0.272 e. The van der Waals surface area contributed by atoms with Crippen LogP contribution in [-0.4, -0.2) is 37.2 Å². The minimum absolute atomic E-state index is 0.127. The molecule has 5 nitrogen and oxygen atoms in total. The first-order valence-corrected chi connectivity index (χ1v) is 8.94. The molecule has 0 radical (unpaired) electrons. The fourth-order valence-electron chi connectivity index (χ4n) is 3.52. The van der Waals surface area contributed by atoms with Crippen molar-refractivity contribution in [2.24, 2.45) is 0 Å². The molecule has 3 aromatic rings.